The number of hydrogen-bond acceptors (Lipinski definition) is 6. The van der Waals surface area contributed by atoms with Gasteiger partial charge in [0.2, 0.25) is 11.7 Å². The lowest BCUT2D eigenvalue weighted by atomic mass is 10.1. The quantitative estimate of drug-likeness (QED) is 0.899. The fourth-order valence-corrected chi connectivity index (χ4v) is 2.40. The molecule has 1 N–H and O–H groups in total. The van der Waals surface area contributed by atoms with Gasteiger partial charge in [0.25, 0.3) is 0 Å². The summed E-state index contributed by atoms with van der Waals surface area (Å²) in [5, 5.41) is 7.40. The second-order valence-corrected chi connectivity index (χ2v) is 4.90. The van der Waals surface area contributed by atoms with Crippen molar-refractivity contribution in [2.24, 2.45) is 0 Å². The smallest absolute Gasteiger partial charge is 0.241 e. The van der Waals surface area contributed by atoms with Gasteiger partial charge >= 0.3 is 0 Å². The molecule has 3 rings (SSSR count). The van der Waals surface area contributed by atoms with Crippen molar-refractivity contribution in [2.45, 2.75) is 19.9 Å². The maximum atomic E-state index is 5.36. The van der Waals surface area contributed by atoms with Gasteiger partial charge in [0.1, 0.15) is 5.69 Å². The predicted octanol–water partition coefficient (Wildman–Crippen LogP) is 1.10. The van der Waals surface area contributed by atoms with Gasteiger partial charge in [-0.1, -0.05) is 18.1 Å². The number of nitrogens with zero attached hydrogens (tertiary/aromatic N) is 4. The Morgan fingerprint density at radius 3 is 3.00 bits per heavy atom. The van der Waals surface area contributed by atoms with Gasteiger partial charge in [-0.3, -0.25) is 9.88 Å². The first-order valence-corrected chi connectivity index (χ1v) is 7.06. The summed E-state index contributed by atoms with van der Waals surface area (Å²) in [7, 11) is 0. The third-order valence-electron chi connectivity index (χ3n) is 3.52. The Hall–Kier alpha value is -1.79. The Kier molecular flexibility index (Phi) is 4.03. The molecule has 0 saturated carbocycles. The molecule has 20 heavy (non-hydrogen) atoms. The van der Waals surface area contributed by atoms with E-state index in [-0.39, 0.29) is 0 Å². The van der Waals surface area contributed by atoms with Crippen LogP contribution in [0.25, 0.3) is 11.5 Å². The van der Waals surface area contributed by atoms with Gasteiger partial charge in [-0.25, -0.2) is 0 Å². The van der Waals surface area contributed by atoms with Gasteiger partial charge < -0.3 is 9.84 Å². The zero-order valence-corrected chi connectivity index (χ0v) is 11.7. The lowest BCUT2D eigenvalue weighted by Crippen LogP contribution is -2.42. The topological polar surface area (TPSA) is 67.1 Å². The van der Waals surface area contributed by atoms with E-state index >= 15 is 0 Å². The number of piperazine rings is 1. The van der Waals surface area contributed by atoms with Crippen molar-refractivity contribution in [1.29, 1.82) is 0 Å². The molecule has 2 aromatic heterocycles. The number of aryl methyl sites for hydroxylation is 1. The second-order valence-electron chi connectivity index (χ2n) is 4.90. The zero-order chi connectivity index (χ0) is 13.8. The van der Waals surface area contributed by atoms with E-state index in [0.29, 0.717) is 18.3 Å². The zero-order valence-electron chi connectivity index (χ0n) is 11.7. The van der Waals surface area contributed by atoms with Crippen LogP contribution in [0.4, 0.5) is 0 Å². The molecule has 106 valence electrons. The molecular weight excluding hydrogens is 254 g/mol. The third-order valence-corrected chi connectivity index (χ3v) is 3.52. The van der Waals surface area contributed by atoms with Crippen molar-refractivity contribution in [1.82, 2.24) is 25.3 Å². The van der Waals surface area contributed by atoms with E-state index in [2.05, 4.69) is 38.3 Å². The van der Waals surface area contributed by atoms with Crippen molar-refractivity contribution >= 4 is 0 Å². The lowest BCUT2D eigenvalue weighted by Gasteiger charge is -2.25. The molecule has 1 aliphatic rings. The highest BCUT2D eigenvalue weighted by Crippen LogP contribution is 2.18. The number of hydrogen-bond donors (Lipinski definition) is 1. The monoisotopic (exact) mass is 273 g/mol. The minimum absolute atomic E-state index is 0.590. The molecule has 0 spiro atoms. The molecule has 2 aromatic rings. The highest BCUT2D eigenvalue weighted by atomic mass is 16.5. The van der Waals surface area contributed by atoms with Crippen LogP contribution in [0, 0.1) is 0 Å². The van der Waals surface area contributed by atoms with E-state index < -0.39 is 0 Å². The highest BCUT2D eigenvalue weighted by molar-refractivity contribution is 5.53. The van der Waals surface area contributed by atoms with E-state index in [1.807, 2.05) is 6.07 Å². The molecule has 6 nitrogen and oxygen atoms in total. The molecule has 1 saturated heterocycles. The average Bonchev–Trinajstić information content (AvgIpc) is 2.96. The van der Waals surface area contributed by atoms with Gasteiger partial charge in [-0.2, -0.15) is 4.98 Å². The summed E-state index contributed by atoms with van der Waals surface area (Å²) < 4.78 is 5.36. The molecule has 0 aromatic carbocycles. The number of aromatic nitrogens is 3. The maximum Gasteiger partial charge on any atom is 0.241 e. The Morgan fingerprint density at radius 2 is 2.20 bits per heavy atom. The van der Waals surface area contributed by atoms with Crippen molar-refractivity contribution < 1.29 is 4.52 Å². The molecule has 0 amide bonds. The van der Waals surface area contributed by atoms with E-state index in [4.69, 9.17) is 4.52 Å². The number of pyridine rings is 1. The van der Waals surface area contributed by atoms with Crippen LogP contribution in [0.3, 0.4) is 0 Å². The fraction of sp³-hybridized carbons (Fsp3) is 0.500. The highest BCUT2D eigenvalue weighted by Gasteiger charge is 2.16. The molecular formula is C14H19N5O. The van der Waals surface area contributed by atoms with Crippen LogP contribution in [0.5, 0.6) is 0 Å². The van der Waals surface area contributed by atoms with Gasteiger partial charge in [0, 0.05) is 32.4 Å². The van der Waals surface area contributed by atoms with Crippen molar-refractivity contribution in [2.75, 3.05) is 26.2 Å². The molecule has 0 radical (unpaired) electrons. The summed E-state index contributed by atoms with van der Waals surface area (Å²) in [6.45, 7) is 6.87. The van der Waals surface area contributed by atoms with Crippen molar-refractivity contribution in [3.8, 4) is 11.5 Å². The van der Waals surface area contributed by atoms with Gasteiger partial charge in [0.05, 0.1) is 6.54 Å². The first-order chi connectivity index (χ1) is 9.86. The normalized spacial score (nSPS) is 16.4. The van der Waals surface area contributed by atoms with Crippen LogP contribution in [0.1, 0.15) is 18.4 Å². The van der Waals surface area contributed by atoms with Crippen LogP contribution in [0.15, 0.2) is 22.9 Å². The fourth-order valence-electron chi connectivity index (χ4n) is 2.40. The van der Waals surface area contributed by atoms with Gasteiger partial charge in [-0.05, 0) is 18.1 Å². The summed E-state index contributed by atoms with van der Waals surface area (Å²) >= 11 is 0. The Bertz CT molecular complexity index is 562. The van der Waals surface area contributed by atoms with Crippen molar-refractivity contribution in [3.63, 3.8) is 0 Å². The molecule has 0 bridgehead atoms. The predicted molar refractivity (Wildman–Crippen MR) is 75.1 cm³/mol. The number of nitrogens with one attached hydrogen (secondary N) is 1. The Balaban J connectivity index is 1.75. The second kappa shape index (κ2) is 6.11. The van der Waals surface area contributed by atoms with Crippen LogP contribution < -0.4 is 5.32 Å². The van der Waals surface area contributed by atoms with Crippen LogP contribution in [0.2, 0.25) is 0 Å². The first kappa shape index (κ1) is 13.2. The molecule has 1 fully saturated rings. The van der Waals surface area contributed by atoms with Gasteiger partial charge in [0.15, 0.2) is 0 Å². The lowest BCUT2D eigenvalue weighted by molar-refractivity contribution is 0.203. The van der Waals surface area contributed by atoms with E-state index in [9.17, 15) is 0 Å². The van der Waals surface area contributed by atoms with Crippen molar-refractivity contribution in [3.05, 3.63) is 29.8 Å². The third kappa shape index (κ3) is 2.86. The standard InChI is InChI=1S/C14H19N5O/c1-2-11-4-3-5-16-13(11)14-17-12(20-18-14)10-19-8-6-15-7-9-19/h3-5,15H,2,6-10H2,1H3. The van der Waals surface area contributed by atoms with Crippen LogP contribution in [-0.2, 0) is 13.0 Å². The van der Waals surface area contributed by atoms with Crippen LogP contribution >= 0.6 is 0 Å². The Morgan fingerprint density at radius 1 is 1.35 bits per heavy atom. The molecule has 1 aliphatic heterocycles. The summed E-state index contributed by atoms with van der Waals surface area (Å²) in [4.78, 5) is 11.2. The summed E-state index contributed by atoms with van der Waals surface area (Å²) in [6, 6.07) is 3.98. The molecule has 0 unspecified atom stereocenters. The van der Waals surface area contributed by atoms with E-state index in [1.54, 1.807) is 6.20 Å². The van der Waals surface area contributed by atoms with Gasteiger partial charge in [-0.15, -0.1) is 0 Å². The van der Waals surface area contributed by atoms with Crippen LogP contribution in [-0.4, -0.2) is 46.2 Å². The Labute approximate surface area is 118 Å². The molecule has 6 heteroatoms. The number of rotatable bonds is 4. The first-order valence-electron chi connectivity index (χ1n) is 7.06. The molecule has 0 aliphatic carbocycles. The molecule has 3 heterocycles. The summed E-state index contributed by atoms with van der Waals surface area (Å²) in [6.07, 6.45) is 2.67. The SMILES string of the molecule is CCc1cccnc1-c1noc(CN2CCNCC2)n1. The van der Waals surface area contributed by atoms with E-state index in [0.717, 1.165) is 43.9 Å². The molecule has 0 atom stereocenters. The minimum atomic E-state index is 0.590. The summed E-state index contributed by atoms with van der Waals surface area (Å²) in [5.74, 6) is 1.25. The largest absolute Gasteiger partial charge is 0.337 e. The average molecular weight is 273 g/mol. The maximum absolute atomic E-state index is 5.36. The van der Waals surface area contributed by atoms with E-state index in [1.165, 1.54) is 0 Å². The minimum Gasteiger partial charge on any atom is -0.337 e. The summed E-state index contributed by atoms with van der Waals surface area (Å²) in [5.41, 5.74) is 1.97.